The number of benzene rings is 2. The first kappa shape index (κ1) is 21.7. The molecule has 0 unspecified atom stereocenters. The normalized spacial score (nSPS) is 12.3. The summed E-state index contributed by atoms with van der Waals surface area (Å²) in [6.07, 6.45) is 1.17. The molecule has 1 amide bonds. The van der Waals surface area contributed by atoms with E-state index in [4.69, 9.17) is 4.74 Å². The fourth-order valence-corrected chi connectivity index (χ4v) is 4.19. The Morgan fingerprint density at radius 2 is 1.75 bits per heavy atom. The Labute approximate surface area is 165 Å². The topological polar surface area (TPSA) is 66.9 Å². The van der Waals surface area contributed by atoms with E-state index in [1.54, 1.807) is 33.2 Å². The molecule has 0 fully saturated rings. The number of anilines is 1. The summed E-state index contributed by atoms with van der Waals surface area (Å²) >= 11 is 0. The van der Waals surface area contributed by atoms with E-state index in [1.807, 2.05) is 12.1 Å². The first-order valence-electron chi connectivity index (χ1n) is 8.80. The fraction of sp³-hybridized carbons (Fsp3) is 0.350. The van der Waals surface area contributed by atoms with Gasteiger partial charge in [0, 0.05) is 13.6 Å². The number of amides is 1. The minimum absolute atomic E-state index is 0.136. The van der Waals surface area contributed by atoms with Crippen LogP contribution >= 0.6 is 0 Å². The standard InChI is InChI=1S/C20H25FN2O4S/c1-5-18(23(28(4,25)26)19-9-7-6-8-17(19)21)20(24)22(2)14-15-10-12-16(27-3)13-11-15/h6-13,18H,5,14H2,1-4H3/t18-/m0/s1. The highest BCUT2D eigenvalue weighted by molar-refractivity contribution is 7.92. The first-order valence-corrected chi connectivity index (χ1v) is 10.7. The lowest BCUT2D eigenvalue weighted by atomic mass is 10.1. The van der Waals surface area contributed by atoms with E-state index in [0.29, 0.717) is 5.75 Å². The van der Waals surface area contributed by atoms with Crippen molar-refractivity contribution in [1.29, 1.82) is 0 Å². The molecule has 2 aromatic rings. The summed E-state index contributed by atoms with van der Waals surface area (Å²) in [4.78, 5) is 14.5. The van der Waals surface area contributed by atoms with Gasteiger partial charge >= 0.3 is 0 Å². The number of halogens is 1. The highest BCUT2D eigenvalue weighted by Gasteiger charge is 2.34. The monoisotopic (exact) mass is 408 g/mol. The van der Waals surface area contributed by atoms with Gasteiger partial charge in [-0.3, -0.25) is 9.10 Å². The number of methoxy groups -OCH3 is 1. The lowest BCUT2D eigenvalue weighted by Gasteiger charge is -2.33. The summed E-state index contributed by atoms with van der Waals surface area (Å²) in [7, 11) is -0.720. The second kappa shape index (κ2) is 9.05. The Kier molecular flexibility index (Phi) is 7.01. The zero-order valence-electron chi connectivity index (χ0n) is 16.4. The molecular formula is C20H25FN2O4S. The Balaban J connectivity index is 2.31. The van der Waals surface area contributed by atoms with Crippen molar-refractivity contribution in [3.63, 3.8) is 0 Å². The molecule has 28 heavy (non-hydrogen) atoms. The van der Waals surface area contributed by atoms with Crippen molar-refractivity contribution in [3.05, 3.63) is 59.9 Å². The molecule has 6 nitrogen and oxygen atoms in total. The molecule has 0 aromatic heterocycles. The van der Waals surface area contributed by atoms with Gasteiger partial charge in [0.1, 0.15) is 17.6 Å². The molecule has 152 valence electrons. The summed E-state index contributed by atoms with van der Waals surface area (Å²) in [6, 6.07) is 11.7. The third kappa shape index (κ3) is 5.01. The second-order valence-electron chi connectivity index (χ2n) is 6.48. The van der Waals surface area contributed by atoms with Crippen LogP contribution in [0.2, 0.25) is 0 Å². The van der Waals surface area contributed by atoms with E-state index in [0.717, 1.165) is 16.1 Å². The molecule has 0 aliphatic carbocycles. The molecule has 1 atom stereocenters. The summed E-state index contributed by atoms with van der Waals surface area (Å²) < 4.78 is 45.1. The van der Waals surface area contributed by atoms with Crippen molar-refractivity contribution in [3.8, 4) is 5.75 Å². The molecule has 8 heteroatoms. The maximum atomic E-state index is 14.3. The molecule has 0 saturated heterocycles. The number of sulfonamides is 1. The van der Waals surface area contributed by atoms with Crippen molar-refractivity contribution in [2.24, 2.45) is 0 Å². The predicted molar refractivity (Wildman–Crippen MR) is 107 cm³/mol. The third-order valence-electron chi connectivity index (χ3n) is 4.36. The Bertz CT molecular complexity index is 916. The van der Waals surface area contributed by atoms with E-state index < -0.39 is 27.8 Å². The van der Waals surface area contributed by atoms with Gasteiger partial charge in [-0.15, -0.1) is 0 Å². The number of rotatable bonds is 8. The van der Waals surface area contributed by atoms with Gasteiger partial charge in [-0.1, -0.05) is 31.2 Å². The number of carbonyl (C=O) groups is 1. The van der Waals surface area contributed by atoms with Gasteiger partial charge in [0.05, 0.1) is 19.1 Å². The molecule has 0 heterocycles. The molecule has 0 radical (unpaired) electrons. The number of hydrogen-bond donors (Lipinski definition) is 0. The van der Waals surface area contributed by atoms with Crippen LogP contribution in [0.15, 0.2) is 48.5 Å². The highest BCUT2D eigenvalue weighted by atomic mass is 32.2. The zero-order valence-corrected chi connectivity index (χ0v) is 17.2. The molecule has 2 aromatic carbocycles. The molecule has 2 rings (SSSR count). The zero-order chi connectivity index (χ0) is 20.9. The molecule has 0 aliphatic rings. The average Bonchev–Trinajstić information content (AvgIpc) is 2.66. The van der Waals surface area contributed by atoms with Crippen LogP contribution < -0.4 is 9.04 Å². The van der Waals surface area contributed by atoms with Crippen molar-refractivity contribution in [2.75, 3.05) is 24.7 Å². The smallest absolute Gasteiger partial charge is 0.246 e. The molecule has 0 N–H and O–H groups in total. The maximum absolute atomic E-state index is 14.3. The van der Waals surface area contributed by atoms with E-state index in [1.165, 1.54) is 29.2 Å². The maximum Gasteiger partial charge on any atom is 0.246 e. The van der Waals surface area contributed by atoms with Crippen molar-refractivity contribution in [1.82, 2.24) is 4.90 Å². The fourth-order valence-electron chi connectivity index (χ4n) is 2.99. The molecule has 0 aliphatic heterocycles. The highest BCUT2D eigenvalue weighted by Crippen LogP contribution is 2.26. The van der Waals surface area contributed by atoms with Crippen LogP contribution in [0.3, 0.4) is 0 Å². The Morgan fingerprint density at radius 3 is 2.25 bits per heavy atom. The predicted octanol–water partition coefficient (Wildman–Crippen LogP) is 3.04. The van der Waals surface area contributed by atoms with Crippen LogP contribution in [0, 0.1) is 5.82 Å². The van der Waals surface area contributed by atoms with Gasteiger partial charge in [-0.05, 0) is 36.2 Å². The largest absolute Gasteiger partial charge is 0.497 e. The van der Waals surface area contributed by atoms with Crippen molar-refractivity contribution < 1.29 is 22.3 Å². The van der Waals surface area contributed by atoms with Gasteiger partial charge in [0.15, 0.2) is 0 Å². The third-order valence-corrected chi connectivity index (χ3v) is 5.52. The Morgan fingerprint density at radius 1 is 1.14 bits per heavy atom. The van der Waals surface area contributed by atoms with E-state index in [-0.39, 0.29) is 18.7 Å². The molecule has 0 spiro atoms. The van der Waals surface area contributed by atoms with Crippen LogP contribution in [0.1, 0.15) is 18.9 Å². The summed E-state index contributed by atoms with van der Waals surface area (Å²) in [5, 5.41) is 0. The number of likely N-dealkylation sites (N-methyl/N-ethyl adjacent to an activating group) is 1. The number of para-hydroxylation sites is 1. The second-order valence-corrected chi connectivity index (χ2v) is 8.34. The quantitative estimate of drug-likeness (QED) is 0.673. The average molecular weight is 408 g/mol. The van der Waals surface area contributed by atoms with E-state index >= 15 is 0 Å². The van der Waals surface area contributed by atoms with E-state index in [9.17, 15) is 17.6 Å². The van der Waals surface area contributed by atoms with Crippen LogP contribution in [0.25, 0.3) is 0 Å². The molecular weight excluding hydrogens is 383 g/mol. The van der Waals surface area contributed by atoms with Gasteiger partial charge in [-0.2, -0.15) is 0 Å². The van der Waals surface area contributed by atoms with Gasteiger partial charge in [-0.25, -0.2) is 12.8 Å². The summed E-state index contributed by atoms with van der Waals surface area (Å²) in [5.41, 5.74) is 0.728. The first-order chi connectivity index (χ1) is 13.2. The minimum Gasteiger partial charge on any atom is -0.497 e. The van der Waals surface area contributed by atoms with Crippen LogP contribution in [-0.4, -0.2) is 45.7 Å². The van der Waals surface area contributed by atoms with E-state index in [2.05, 4.69) is 0 Å². The number of carbonyl (C=O) groups excluding carboxylic acids is 1. The van der Waals surface area contributed by atoms with Crippen LogP contribution in [0.4, 0.5) is 10.1 Å². The number of nitrogens with zero attached hydrogens (tertiary/aromatic N) is 2. The van der Waals surface area contributed by atoms with Crippen LogP contribution in [-0.2, 0) is 21.4 Å². The summed E-state index contributed by atoms with van der Waals surface area (Å²) in [6.45, 7) is 1.98. The minimum atomic E-state index is -3.88. The van der Waals surface area contributed by atoms with Crippen molar-refractivity contribution in [2.45, 2.75) is 25.9 Å². The molecule has 0 bridgehead atoms. The number of ether oxygens (including phenoxy) is 1. The van der Waals surface area contributed by atoms with Gasteiger partial charge < -0.3 is 9.64 Å². The van der Waals surface area contributed by atoms with Crippen molar-refractivity contribution >= 4 is 21.6 Å². The summed E-state index contributed by atoms with van der Waals surface area (Å²) in [5.74, 6) is -0.407. The molecule has 0 saturated carbocycles. The van der Waals surface area contributed by atoms with Gasteiger partial charge in [0.2, 0.25) is 15.9 Å². The SMILES string of the molecule is CC[C@@H](C(=O)N(C)Cc1ccc(OC)cc1)N(c1ccccc1F)S(C)(=O)=O. The van der Waals surface area contributed by atoms with Crippen LogP contribution in [0.5, 0.6) is 5.75 Å². The lowest BCUT2D eigenvalue weighted by Crippen LogP contribution is -2.49. The van der Waals surface area contributed by atoms with Gasteiger partial charge in [0.25, 0.3) is 0 Å². The Hall–Kier alpha value is -2.61. The lowest BCUT2D eigenvalue weighted by molar-refractivity contribution is -0.131. The number of hydrogen-bond acceptors (Lipinski definition) is 4.